The number of tetrazole rings is 1. The van der Waals surface area contributed by atoms with Crippen LogP contribution >= 0.6 is 0 Å². The summed E-state index contributed by atoms with van der Waals surface area (Å²) in [6.07, 6.45) is 2.62. The summed E-state index contributed by atoms with van der Waals surface area (Å²) < 4.78 is 14.8. The minimum absolute atomic E-state index is 0.222. The van der Waals surface area contributed by atoms with Crippen molar-refractivity contribution < 1.29 is 4.39 Å². The van der Waals surface area contributed by atoms with E-state index in [9.17, 15) is 4.39 Å². The number of piperazine rings is 1. The molecule has 0 saturated carbocycles. The van der Waals surface area contributed by atoms with Gasteiger partial charge < -0.3 is 0 Å². The van der Waals surface area contributed by atoms with Crippen molar-refractivity contribution in [2.75, 3.05) is 26.2 Å². The standard InChI is InChI=1S/C16H21FN6/c17-14-5-3-13(4-6-14)10-23-16(18-19-20-23)12-21-8-9-22-7-1-2-15(22)11-21/h3-6,15H,1-2,7-12H2. The first-order chi connectivity index (χ1) is 11.3. The molecule has 4 rings (SSSR count). The number of halogens is 1. The van der Waals surface area contributed by atoms with Crippen LogP contribution in [0.3, 0.4) is 0 Å². The molecule has 0 N–H and O–H groups in total. The Hall–Kier alpha value is -1.86. The van der Waals surface area contributed by atoms with Crippen LogP contribution in [0.15, 0.2) is 24.3 Å². The van der Waals surface area contributed by atoms with E-state index in [0.29, 0.717) is 12.6 Å². The van der Waals surface area contributed by atoms with Crippen molar-refractivity contribution in [3.8, 4) is 0 Å². The van der Waals surface area contributed by atoms with Gasteiger partial charge in [0.1, 0.15) is 5.82 Å². The smallest absolute Gasteiger partial charge is 0.165 e. The molecule has 6 nitrogen and oxygen atoms in total. The van der Waals surface area contributed by atoms with Crippen LogP contribution in [0.5, 0.6) is 0 Å². The monoisotopic (exact) mass is 316 g/mol. The molecule has 1 aromatic heterocycles. The summed E-state index contributed by atoms with van der Waals surface area (Å²) in [5, 5.41) is 12.1. The van der Waals surface area contributed by atoms with Crippen molar-refractivity contribution in [1.82, 2.24) is 30.0 Å². The van der Waals surface area contributed by atoms with Crippen LogP contribution in [0.25, 0.3) is 0 Å². The molecule has 0 amide bonds. The van der Waals surface area contributed by atoms with Crippen LogP contribution in [-0.2, 0) is 13.1 Å². The Kier molecular flexibility index (Phi) is 4.05. The van der Waals surface area contributed by atoms with Crippen molar-refractivity contribution in [3.63, 3.8) is 0 Å². The lowest BCUT2D eigenvalue weighted by atomic mass is 10.1. The fourth-order valence-corrected chi connectivity index (χ4v) is 3.62. The maximum atomic E-state index is 13.0. The van der Waals surface area contributed by atoms with E-state index in [2.05, 4.69) is 25.3 Å². The molecule has 0 aliphatic carbocycles. The summed E-state index contributed by atoms with van der Waals surface area (Å²) in [4.78, 5) is 5.04. The highest BCUT2D eigenvalue weighted by Gasteiger charge is 2.30. The molecule has 122 valence electrons. The van der Waals surface area contributed by atoms with Gasteiger partial charge in [-0.1, -0.05) is 12.1 Å². The van der Waals surface area contributed by atoms with Gasteiger partial charge in [-0.25, -0.2) is 9.07 Å². The number of nitrogens with zero attached hydrogens (tertiary/aromatic N) is 6. The lowest BCUT2D eigenvalue weighted by Gasteiger charge is -2.37. The molecule has 2 aromatic rings. The molecule has 3 heterocycles. The first kappa shape index (κ1) is 14.7. The van der Waals surface area contributed by atoms with Crippen molar-refractivity contribution >= 4 is 0 Å². The van der Waals surface area contributed by atoms with Gasteiger partial charge in [0.15, 0.2) is 5.82 Å². The number of hydrogen-bond acceptors (Lipinski definition) is 5. The topological polar surface area (TPSA) is 50.1 Å². The predicted octanol–water partition coefficient (Wildman–Crippen LogP) is 1.14. The van der Waals surface area contributed by atoms with Gasteiger partial charge in [0.25, 0.3) is 0 Å². The van der Waals surface area contributed by atoms with E-state index in [4.69, 9.17) is 0 Å². The van der Waals surface area contributed by atoms with Gasteiger partial charge in [0.2, 0.25) is 0 Å². The molecule has 7 heteroatoms. The lowest BCUT2D eigenvalue weighted by Crippen LogP contribution is -2.49. The number of hydrogen-bond donors (Lipinski definition) is 0. The Morgan fingerprint density at radius 1 is 1.09 bits per heavy atom. The van der Waals surface area contributed by atoms with Crippen LogP contribution in [0.2, 0.25) is 0 Å². The number of benzene rings is 1. The molecular weight excluding hydrogens is 295 g/mol. The Bertz CT molecular complexity index is 655. The van der Waals surface area contributed by atoms with Gasteiger partial charge in [0.05, 0.1) is 13.1 Å². The quantitative estimate of drug-likeness (QED) is 0.847. The molecule has 0 spiro atoms. The Morgan fingerprint density at radius 2 is 1.96 bits per heavy atom. The summed E-state index contributed by atoms with van der Waals surface area (Å²) in [7, 11) is 0. The molecule has 2 aliphatic rings. The predicted molar refractivity (Wildman–Crippen MR) is 83.2 cm³/mol. The van der Waals surface area contributed by atoms with Crippen LogP contribution in [0.1, 0.15) is 24.2 Å². The zero-order valence-corrected chi connectivity index (χ0v) is 13.1. The average molecular weight is 316 g/mol. The fraction of sp³-hybridized carbons (Fsp3) is 0.562. The molecule has 2 fully saturated rings. The van der Waals surface area contributed by atoms with E-state index in [-0.39, 0.29) is 5.82 Å². The third kappa shape index (κ3) is 3.25. The summed E-state index contributed by atoms with van der Waals surface area (Å²) in [5.74, 6) is 0.654. The van der Waals surface area contributed by atoms with Crippen molar-refractivity contribution in [2.45, 2.75) is 32.0 Å². The zero-order chi connectivity index (χ0) is 15.6. The van der Waals surface area contributed by atoms with E-state index in [1.54, 1.807) is 12.1 Å². The van der Waals surface area contributed by atoms with Crippen molar-refractivity contribution in [3.05, 3.63) is 41.5 Å². The second-order valence-corrected chi connectivity index (χ2v) is 6.45. The molecule has 0 radical (unpaired) electrons. The van der Waals surface area contributed by atoms with Gasteiger partial charge in [-0.15, -0.1) is 5.10 Å². The number of aromatic nitrogens is 4. The number of fused-ring (bicyclic) bond motifs is 1. The first-order valence-corrected chi connectivity index (χ1v) is 8.24. The Labute approximate surface area is 134 Å². The molecule has 1 atom stereocenters. The molecule has 2 saturated heterocycles. The van der Waals surface area contributed by atoms with Gasteiger partial charge >= 0.3 is 0 Å². The van der Waals surface area contributed by atoms with Crippen LogP contribution < -0.4 is 0 Å². The largest absolute Gasteiger partial charge is 0.298 e. The van der Waals surface area contributed by atoms with E-state index in [0.717, 1.165) is 37.6 Å². The molecule has 1 aromatic carbocycles. The summed E-state index contributed by atoms with van der Waals surface area (Å²) in [5.41, 5.74) is 1.00. The van der Waals surface area contributed by atoms with Gasteiger partial charge in [0, 0.05) is 25.7 Å². The number of rotatable bonds is 4. The van der Waals surface area contributed by atoms with Crippen molar-refractivity contribution in [1.29, 1.82) is 0 Å². The summed E-state index contributed by atoms with van der Waals surface area (Å²) in [6, 6.07) is 7.19. The van der Waals surface area contributed by atoms with Crippen LogP contribution in [0, 0.1) is 5.82 Å². The molecule has 0 bridgehead atoms. The zero-order valence-electron chi connectivity index (χ0n) is 13.1. The van der Waals surface area contributed by atoms with Gasteiger partial charge in [-0.3, -0.25) is 9.80 Å². The van der Waals surface area contributed by atoms with Crippen LogP contribution in [0.4, 0.5) is 4.39 Å². The van der Waals surface area contributed by atoms with Crippen molar-refractivity contribution in [2.24, 2.45) is 0 Å². The second kappa shape index (κ2) is 6.33. The molecule has 2 aliphatic heterocycles. The second-order valence-electron chi connectivity index (χ2n) is 6.45. The Morgan fingerprint density at radius 3 is 2.83 bits per heavy atom. The lowest BCUT2D eigenvalue weighted by molar-refractivity contribution is 0.0963. The third-order valence-corrected chi connectivity index (χ3v) is 4.89. The van der Waals surface area contributed by atoms with E-state index in [1.807, 2.05) is 4.68 Å². The maximum absolute atomic E-state index is 13.0. The maximum Gasteiger partial charge on any atom is 0.165 e. The average Bonchev–Trinajstić information content (AvgIpc) is 3.19. The fourth-order valence-electron chi connectivity index (χ4n) is 3.62. The Balaban J connectivity index is 1.42. The minimum Gasteiger partial charge on any atom is -0.298 e. The molecular formula is C16H21FN6. The first-order valence-electron chi connectivity index (χ1n) is 8.24. The summed E-state index contributed by atoms with van der Waals surface area (Å²) in [6.45, 7) is 5.92. The molecule has 1 unspecified atom stereocenters. The highest BCUT2D eigenvalue weighted by molar-refractivity contribution is 5.16. The molecule has 23 heavy (non-hydrogen) atoms. The van der Waals surface area contributed by atoms with Gasteiger partial charge in [-0.2, -0.15) is 0 Å². The SMILES string of the molecule is Fc1ccc(Cn2nnnc2CN2CCN3CCCC3C2)cc1. The van der Waals surface area contributed by atoms with Gasteiger partial charge in [-0.05, 0) is 47.5 Å². The van der Waals surface area contributed by atoms with Crippen LogP contribution in [-0.4, -0.2) is 62.2 Å². The van der Waals surface area contributed by atoms with E-state index < -0.39 is 0 Å². The minimum atomic E-state index is -0.222. The highest BCUT2D eigenvalue weighted by Crippen LogP contribution is 2.22. The highest BCUT2D eigenvalue weighted by atomic mass is 19.1. The van der Waals surface area contributed by atoms with E-state index in [1.165, 1.54) is 31.5 Å². The van der Waals surface area contributed by atoms with E-state index >= 15 is 0 Å². The third-order valence-electron chi connectivity index (χ3n) is 4.89. The summed E-state index contributed by atoms with van der Waals surface area (Å²) >= 11 is 0. The normalized spacial score (nSPS) is 22.4.